The highest BCUT2D eigenvalue weighted by Crippen LogP contribution is 2.04. The van der Waals surface area contributed by atoms with Gasteiger partial charge >= 0.3 is 0 Å². The Labute approximate surface area is 131 Å². The van der Waals surface area contributed by atoms with Gasteiger partial charge < -0.3 is 0 Å². The molecule has 0 unspecified atom stereocenters. The van der Waals surface area contributed by atoms with Gasteiger partial charge in [0.05, 0.1) is 0 Å². The van der Waals surface area contributed by atoms with E-state index in [1.807, 2.05) is 78.9 Å². The van der Waals surface area contributed by atoms with E-state index in [1.54, 1.807) is 0 Å². The summed E-state index contributed by atoms with van der Waals surface area (Å²) in [5.74, 6) is 12.6. The summed E-state index contributed by atoms with van der Waals surface area (Å²) in [5, 5.41) is 0. The molecule has 0 bridgehead atoms. The highest BCUT2D eigenvalue weighted by molar-refractivity contribution is 5.48. The van der Waals surface area contributed by atoms with Crippen molar-refractivity contribution in [2.75, 3.05) is 0 Å². The van der Waals surface area contributed by atoms with Crippen LogP contribution in [0.15, 0.2) is 78.9 Å². The van der Waals surface area contributed by atoms with Gasteiger partial charge in [0.15, 0.2) is 0 Å². The standard InChI is InChI=1S/C22H13/c1-3-8-19(9-4-1)14-16-21-12-7-13-22(18-21)17-15-20-10-5-2-6-11-20/h1-12,18H. The van der Waals surface area contributed by atoms with Crippen molar-refractivity contribution in [3.05, 3.63) is 107 Å². The first-order valence-electron chi connectivity index (χ1n) is 7.06. The van der Waals surface area contributed by atoms with Crippen molar-refractivity contribution in [3.63, 3.8) is 0 Å². The molecule has 0 aliphatic heterocycles. The molecule has 0 aliphatic rings. The Morgan fingerprint density at radius 1 is 0.545 bits per heavy atom. The lowest BCUT2D eigenvalue weighted by Gasteiger charge is -1.93. The molecule has 0 fully saturated rings. The average Bonchev–Trinajstić information content (AvgIpc) is 2.60. The molecular formula is C22H13. The topological polar surface area (TPSA) is 0 Å². The number of rotatable bonds is 0. The monoisotopic (exact) mass is 277 g/mol. The van der Waals surface area contributed by atoms with E-state index < -0.39 is 0 Å². The molecule has 0 aromatic heterocycles. The molecule has 0 amide bonds. The molecule has 0 nitrogen and oxygen atoms in total. The molecule has 0 spiro atoms. The van der Waals surface area contributed by atoms with Gasteiger partial charge in [0.25, 0.3) is 0 Å². The van der Waals surface area contributed by atoms with Crippen molar-refractivity contribution in [1.82, 2.24) is 0 Å². The molecule has 0 heteroatoms. The van der Waals surface area contributed by atoms with Crippen molar-refractivity contribution in [2.24, 2.45) is 0 Å². The molecule has 1 radical (unpaired) electrons. The first-order valence-corrected chi connectivity index (χ1v) is 7.06. The largest absolute Gasteiger partial charge is 0.0622 e. The first-order chi connectivity index (χ1) is 10.9. The fourth-order valence-corrected chi connectivity index (χ4v) is 1.94. The van der Waals surface area contributed by atoms with Crippen LogP contribution in [0.2, 0.25) is 0 Å². The lowest BCUT2D eigenvalue weighted by molar-refractivity contribution is 1.57. The Hall–Kier alpha value is -3.22. The molecule has 22 heavy (non-hydrogen) atoms. The van der Waals surface area contributed by atoms with Crippen LogP contribution in [-0.4, -0.2) is 0 Å². The van der Waals surface area contributed by atoms with Gasteiger partial charge in [-0.3, -0.25) is 0 Å². The van der Waals surface area contributed by atoms with Crippen LogP contribution in [0.3, 0.4) is 0 Å². The summed E-state index contributed by atoms with van der Waals surface area (Å²) in [4.78, 5) is 0. The zero-order valence-corrected chi connectivity index (χ0v) is 12.0. The number of hydrogen-bond acceptors (Lipinski definition) is 0. The predicted octanol–water partition coefficient (Wildman–Crippen LogP) is 4.29. The highest BCUT2D eigenvalue weighted by atomic mass is 13.9. The maximum atomic E-state index is 3.16. The summed E-state index contributed by atoms with van der Waals surface area (Å²) in [6.45, 7) is 0. The van der Waals surface area contributed by atoms with Crippen LogP contribution in [-0.2, 0) is 0 Å². The van der Waals surface area contributed by atoms with Crippen LogP contribution >= 0.6 is 0 Å². The third-order valence-electron chi connectivity index (χ3n) is 3.04. The van der Waals surface area contributed by atoms with Gasteiger partial charge in [-0.05, 0) is 42.5 Å². The molecule has 0 saturated heterocycles. The van der Waals surface area contributed by atoms with Crippen LogP contribution in [0.4, 0.5) is 0 Å². The highest BCUT2D eigenvalue weighted by Gasteiger charge is 1.91. The Morgan fingerprint density at radius 3 is 1.73 bits per heavy atom. The Kier molecular flexibility index (Phi) is 4.36. The van der Waals surface area contributed by atoms with E-state index in [0.717, 1.165) is 22.3 Å². The minimum Gasteiger partial charge on any atom is -0.0622 e. The van der Waals surface area contributed by atoms with E-state index in [-0.39, 0.29) is 0 Å². The average molecular weight is 277 g/mol. The van der Waals surface area contributed by atoms with Gasteiger partial charge in [-0.1, -0.05) is 66.1 Å². The number of hydrogen-bond donors (Lipinski definition) is 0. The summed E-state index contributed by atoms with van der Waals surface area (Å²) in [5.41, 5.74) is 3.80. The Balaban J connectivity index is 1.82. The van der Waals surface area contributed by atoms with Gasteiger partial charge in [0.2, 0.25) is 0 Å². The fourth-order valence-electron chi connectivity index (χ4n) is 1.94. The summed E-state index contributed by atoms with van der Waals surface area (Å²) in [7, 11) is 0. The Bertz CT molecular complexity index is 794. The lowest BCUT2D eigenvalue weighted by atomic mass is 10.1. The molecule has 0 atom stereocenters. The van der Waals surface area contributed by atoms with Crippen LogP contribution in [0.25, 0.3) is 0 Å². The van der Waals surface area contributed by atoms with E-state index in [4.69, 9.17) is 0 Å². The fraction of sp³-hybridized carbons (Fsp3) is 0. The second-order valence-corrected chi connectivity index (χ2v) is 4.72. The van der Waals surface area contributed by atoms with Crippen LogP contribution in [0, 0.1) is 29.7 Å². The minimum atomic E-state index is 0.851. The molecule has 0 N–H and O–H groups in total. The van der Waals surface area contributed by atoms with E-state index >= 15 is 0 Å². The second kappa shape index (κ2) is 6.98. The van der Waals surface area contributed by atoms with Gasteiger partial charge in [0, 0.05) is 22.3 Å². The van der Waals surface area contributed by atoms with E-state index in [2.05, 4.69) is 29.7 Å². The number of benzene rings is 3. The van der Waals surface area contributed by atoms with E-state index in [0.29, 0.717) is 0 Å². The maximum absolute atomic E-state index is 3.16. The molecule has 3 rings (SSSR count). The quantitative estimate of drug-likeness (QED) is 0.538. The molecule has 3 aromatic rings. The second-order valence-electron chi connectivity index (χ2n) is 4.72. The van der Waals surface area contributed by atoms with E-state index in [9.17, 15) is 0 Å². The SMILES string of the molecule is C(#Cc1ccccc1)c1[c]ccc(C#Cc2ccccc2)c1. The third-order valence-corrected chi connectivity index (χ3v) is 3.04. The molecular weight excluding hydrogens is 264 g/mol. The smallest absolute Gasteiger partial charge is 0.0340 e. The van der Waals surface area contributed by atoms with Crippen molar-refractivity contribution in [2.45, 2.75) is 0 Å². The van der Waals surface area contributed by atoms with Gasteiger partial charge in [0.1, 0.15) is 0 Å². The van der Waals surface area contributed by atoms with Crippen LogP contribution in [0.1, 0.15) is 22.3 Å². The maximum Gasteiger partial charge on any atom is 0.0340 e. The minimum absolute atomic E-state index is 0.851. The first kappa shape index (κ1) is 13.7. The normalized spacial score (nSPS) is 9.09. The zero-order valence-electron chi connectivity index (χ0n) is 12.0. The molecule has 3 aromatic carbocycles. The van der Waals surface area contributed by atoms with E-state index in [1.165, 1.54) is 0 Å². The van der Waals surface area contributed by atoms with Crippen molar-refractivity contribution < 1.29 is 0 Å². The molecule has 0 heterocycles. The lowest BCUT2D eigenvalue weighted by Crippen LogP contribution is -1.80. The molecule has 0 saturated carbocycles. The van der Waals surface area contributed by atoms with Crippen LogP contribution < -0.4 is 0 Å². The summed E-state index contributed by atoms with van der Waals surface area (Å²) in [6.07, 6.45) is 0. The molecule has 0 aliphatic carbocycles. The zero-order chi connectivity index (χ0) is 15.0. The summed E-state index contributed by atoms with van der Waals surface area (Å²) < 4.78 is 0. The van der Waals surface area contributed by atoms with Crippen molar-refractivity contribution in [1.29, 1.82) is 0 Å². The van der Waals surface area contributed by atoms with Crippen molar-refractivity contribution >= 4 is 0 Å². The summed E-state index contributed by atoms with van der Waals surface area (Å²) in [6, 6.07) is 28.8. The van der Waals surface area contributed by atoms with Crippen molar-refractivity contribution in [3.8, 4) is 23.7 Å². The van der Waals surface area contributed by atoms with Crippen LogP contribution in [0.5, 0.6) is 0 Å². The predicted molar refractivity (Wildman–Crippen MR) is 90.1 cm³/mol. The van der Waals surface area contributed by atoms with Gasteiger partial charge in [-0.15, -0.1) is 0 Å². The third kappa shape index (κ3) is 3.89. The summed E-state index contributed by atoms with van der Waals surface area (Å²) >= 11 is 0. The molecule has 101 valence electrons. The van der Waals surface area contributed by atoms with Gasteiger partial charge in [-0.25, -0.2) is 0 Å². The van der Waals surface area contributed by atoms with Gasteiger partial charge in [-0.2, -0.15) is 0 Å². The Morgan fingerprint density at radius 2 is 1.09 bits per heavy atom.